The number of nitrogens with zero attached hydrogens (tertiary/aromatic N) is 1. The van der Waals surface area contributed by atoms with Crippen LogP contribution in [0.3, 0.4) is 0 Å². The van der Waals surface area contributed by atoms with Gasteiger partial charge in [0, 0.05) is 11.1 Å². The number of hydrogen-bond acceptors (Lipinski definition) is 0. The zero-order chi connectivity index (χ0) is 10.7. The van der Waals surface area contributed by atoms with Crippen LogP contribution in [0.4, 0.5) is 0 Å². The van der Waals surface area contributed by atoms with Gasteiger partial charge in [-0.25, -0.2) is 0 Å². The summed E-state index contributed by atoms with van der Waals surface area (Å²) >= 11 is 0. The summed E-state index contributed by atoms with van der Waals surface area (Å²) in [6.45, 7) is 1.99. The van der Waals surface area contributed by atoms with Gasteiger partial charge in [-0.05, 0) is 12.5 Å². The van der Waals surface area contributed by atoms with E-state index in [0.717, 1.165) is 16.7 Å². The van der Waals surface area contributed by atoms with Gasteiger partial charge in [0.25, 0.3) is 0 Å². The van der Waals surface area contributed by atoms with Gasteiger partial charge in [-0.15, -0.1) is 5.41 Å². The molecule has 0 aliphatic rings. The molecule has 0 bridgehead atoms. The van der Waals surface area contributed by atoms with Gasteiger partial charge in [0.15, 0.2) is 0 Å². The van der Waals surface area contributed by atoms with Crippen LogP contribution in [-0.4, -0.2) is 5.71 Å². The molecule has 0 fully saturated rings. The lowest BCUT2D eigenvalue weighted by atomic mass is 9.99. The molecular weight excluding hydrogens is 182 g/mol. The van der Waals surface area contributed by atoms with Crippen LogP contribution < -0.4 is 5.41 Å². The van der Waals surface area contributed by atoms with Crippen molar-refractivity contribution >= 4 is 5.71 Å². The smallest absolute Gasteiger partial charge is 0.100 e. The molecule has 0 atom stereocenters. The van der Waals surface area contributed by atoms with Crippen LogP contribution in [0, 0.1) is 6.92 Å². The maximum Gasteiger partial charge on any atom is 0.100 e. The van der Waals surface area contributed by atoms with E-state index in [-0.39, 0.29) is 0 Å². The summed E-state index contributed by atoms with van der Waals surface area (Å²) in [5.41, 5.74) is 3.17. The first kappa shape index (κ1) is 9.66. The second-order valence-corrected chi connectivity index (χ2v) is 3.53. The molecule has 0 saturated carbocycles. The van der Waals surface area contributed by atoms with E-state index in [0.29, 0.717) is 5.71 Å². The molecular formula is C14H12N. The second kappa shape index (κ2) is 4.09. The van der Waals surface area contributed by atoms with E-state index in [1.165, 1.54) is 0 Å². The third kappa shape index (κ3) is 1.96. The number of rotatable bonds is 2. The Bertz CT molecular complexity index is 472. The fourth-order valence-electron chi connectivity index (χ4n) is 1.59. The SMILES string of the molecule is Cc1ccccc1C(=[N])c1ccccc1. The first-order chi connectivity index (χ1) is 7.29. The third-order valence-electron chi connectivity index (χ3n) is 2.45. The van der Waals surface area contributed by atoms with Crippen molar-refractivity contribution in [1.82, 2.24) is 5.41 Å². The Labute approximate surface area is 89.9 Å². The molecule has 0 heterocycles. The molecule has 1 radical (unpaired) electrons. The summed E-state index contributed by atoms with van der Waals surface area (Å²) in [5, 5.41) is 10.1. The highest BCUT2D eigenvalue weighted by Crippen LogP contribution is 2.12. The summed E-state index contributed by atoms with van der Waals surface area (Å²) in [7, 11) is 0. The van der Waals surface area contributed by atoms with Gasteiger partial charge in [0.2, 0.25) is 0 Å². The van der Waals surface area contributed by atoms with Crippen molar-refractivity contribution in [2.45, 2.75) is 6.92 Å². The Morgan fingerprint density at radius 1 is 0.867 bits per heavy atom. The standard InChI is InChI=1S/C14H12N/c1-11-7-5-6-10-13(11)14(15)12-8-3-2-4-9-12/h2-10H,1H3. The van der Waals surface area contributed by atoms with Crippen molar-refractivity contribution in [3.63, 3.8) is 0 Å². The number of hydrogen-bond donors (Lipinski definition) is 0. The lowest BCUT2D eigenvalue weighted by Gasteiger charge is -2.05. The minimum atomic E-state index is 0.341. The largest absolute Gasteiger partial charge is 0.149 e. The van der Waals surface area contributed by atoms with Crippen LogP contribution in [0.5, 0.6) is 0 Å². The predicted octanol–water partition coefficient (Wildman–Crippen LogP) is 2.63. The molecule has 0 unspecified atom stereocenters. The molecule has 0 N–H and O–H groups in total. The Kier molecular flexibility index (Phi) is 2.64. The van der Waals surface area contributed by atoms with Crippen molar-refractivity contribution in [3.8, 4) is 0 Å². The summed E-state index contributed by atoms with van der Waals surface area (Å²) in [5.74, 6) is 0. The molecule has 2 aromatic rings. The molecule has 2 rings (SSSR count). The first-order valence-corrected chi connectivity index (χ1v) is 4.96. The Morgan fingerprint density at radius 3 is 2.13 bits per heavy atom. The van der Waals surface area contributed by atoms with E-state index in [1.54, 1.807) is 0 Å². The van der Waals surface area contributed by atoms with Crippen LogP contribution in [-0.2, 0) is 0 Å². The molecule has 0 spiro atoms. The highest BCUT2D eigenvalue weighted by Gasteiger charge is 2.06. The van der Waals surface area contributed by atoms with E-state index in [2.05, 4.69) is 0 Å². The van der Waals surface area contributed by atoms with Gasteiger partial charge in [-0.2, -0.15) is 0 Å². The van der Waals surface area contributed by atoms with Gasteiger partial charge >= 0.3 is 0 Å². The Hall–Kier alpha value is -1.89. The maximum atomic E-state index is 10.1. The van der Waals surface area contributed by atoms with Gasteiger partial charge in [0.1, 0.15) is 5.71 Å². The molecule has 1 heteroatoms. The van der Waals surface area contributed by atoms with Crippen molar-refractivity contribution in [1.29, 1.82) is 0 Å². The molecule has 0 aromatic heterocycles. The third-order valence-corrected chi connectivity index (χ3v) is 2.45. The van der Waals surface area contributed by atoms with Gasteiger partial charge < -0.3 is 0 Å². The van der Waals surface area contributed by atoms with Crippen molar-refractivity contribution < 1.29 is 0 Å². The normalized spacial score (nSPS) is 9.93. The minimum absolute atomic E-state index is 0.341. The lowest BCUT2D eigenvalue weighted by molar-refractivity contribution is 1.43. The summed E-state index contributed by atoms with van der Waals surface area (Å²) in [6, 6.07) is 17.4. The van der Waals surface area contributed by atoms with Gasteiger partial charge in [0.05, 0.1) is 0 Å². The fraction of sp³-hybridized carbons (Fsp3) is 0.0714. The predicted molar refractivity (Wildman–Crippen MR) is 63.0 cm³/mol. The zero-order valence-corrected chi connectivity index (χ0v) is 8.64. The van der Waals surface area contributed by atoms with Crippen molar-refractivity contribution in [3.05, 3.63) is 71.3 Å². The van der Waals surface area contributed by atoms with Crippen LogP contribution in [0.15, 0.2) is 54.6 Å². The average Bonchev–Trinajstić information content (AvgIpc) is 2.30. The molecule has 0 aliphatic heterocycles. The van der Waals surface area contributed by atoms with Gasteiger partial charge in [-0.3, -0.25) is 0 Å². The topological polar surface area (TPSA) is 22.3 Å². The number of aryl methyl sites for hydroxylation is 1. The average molecular weight is 194 g/mol. The Balaban J connectivity index is 2.42. The second-order valence-electron chi connectivity index (χ2n) is 3.53. The summed E-state index contributed by atoms with van der Waals surface area (Å²) in [6.07, 6.45) is 0. The van der Waals surface area contributed by atoms with Crippen molar-refractivity contribution in [2.75, 3.05) is 0 Å². The van der Waals surface area contributed by atoms with Crippen LogP contribution >= 0.6 is 0 Å². The van der Waals surface area contributed by atoms with Crippen molar-refractivity contribution in [2.24, 2.45) is 0 Å². The van der Waals surface area contributed by atoms with E-state index in [1.807, 2.05) is 61.5 Å². The van der Waals surface area contributed by atoms with E-state index in [9.17, 15) is 5.41 Å². The van der Waals surface area contributed by atoms with E-state index < -0.39 is 0 Å². The molecule has 2 aromatic carbocycles. The number of benzene rings is 2. The van der Waals surface area contributed by atoms with Crippen LogP contribution in [0.25, 0.3) is 0 Å². The first-order valence-electron chi connectivity index (χ1n) is 4.96. The highest BCUT2D eigenvalue weighted by molar-refractivity contribution is 6.12. The van der Waals surface area contributed by atoms with Crippen LogP contribution in [0.1, 0.15) is 16.7 Å². The maximum absolute atomic E-state index is 10.1. The van der Waals surface area contributed by atoms with E-state index >= 15 is 0 Å². The monoisotopic (exact) mass is 194 g/mol. The van der Waals surface area contributed by atoms with Crippen LogP contribution in [0.2, 0.25) is 0 Å². The molecule has 73 valence electrons. The minimum Gasteiger partial charge on any atom is -0.149 e. The zero-order valence-electron chi connectivity index (χ0n) is 8.64. The molecule has 0 amide bonds. The summed E-state index contributed by atoms with van der Waals surface area (Å²) in [4.78, 5) is 0. The molecule has 1 nitrogen and oxygen atoms in total. The molecule has 0 aliphatic carbocycles. The molecule has 15 heavy (non-hydrogen) atoms. The molecule has 0 saturated heterocycles. The Morgan fingerprint density at radius 2 is 1.47 bits per heavy atom. The fourth-order valence-corrected chi connectivity index (χ4v) is 1.59. The van der Waals surface area contributed by atoms with E-state index in [4.69, 9.17) is 0 Å². The van der Waals surface area contributed by atoms with Gasteiger partial charge in [-0.1, -0.05) is 54.6 Å². The highest BCUT2D eigenvalue weighted by atomic mass is 14.4. The lowest BCUT2D eigenvalue weighted by Crippen LogP contribution is -2.05. The summed E-state index contributed by atoms with van der Waals surface area (Å²) < 4.78 is 0. The quantitative estimate of drug-likeness (QED) is 0.656.